The minimum atomic E-state index is -0.472. The highest BCUT2D eigenvalue weighted by Gasteiger charge is 2.25. The Labute approximate surface area is 102 Å². The SMILES string of the molecule is COCC1CCN(c2ncccc2[C@@H](C)O)C1. The lowest BCUT2D eigenvalue weighted by Gasteiger charge is -2.21. The molecule has 94 valence electrons. The fourth-order valence-corrected chi connectivity index (χ4v) is 2.40. The minimum absolute atomic E-state index is 0.472. The number of ether oxygens (including phenoxy) is 1. The van der Waals surface area contributed by atoms with Crippen LogP contribution in [-0.2, 0) is 4.74 Å². The first kappa shape index (κ1) is 12.3. The second kappa shape index (κ2) is 5.47. The molecule has 4 heteroatoms. The van der Waals surface area contributed by atoms with Crippen LogP contribution in [0.15, 0.2) is 18.3 Å². The molecule has 1 fully saturated rings. The summed E-state index contributed by atoms with van der Waals surface area (Å²) in [5, 5.41) is 9.74. The Morgan fingerprint density at radius 1 is 1.65 bits per heavy atom. The predicted octanol–water partition coefficient (Wildman–Crippen LogP) is 1.61. The van der Waals surface area contributed by atoms with E-state index in [2.05, 4.69) is 9.88 Å². The van der Waals surface area contributed by atoms with Gasteiger partial charge in [0.15, 0.2) is 0 Å². The van der Waals surface area contributed by atoms with E-state index < -0.39 is 6.10 Å². The highest BCUT2D eigenvalue weighted by molar-refractivity contribution is 5.48. The van der Waals surface area contributed by atoms with Crippen molar-refractivity contribution in [2.24, 2.45) is 5.92 Å². The number of anilines is 1. The summed E-state index contributed by atoms with van der Waals surface area (Å²) in [6.07, 6.45) is 2.44. The molecule has 2 atom stereocenters. The van der Waals surface area contributed by atoms with E-state index >= 15 is 0 Å². The first-order chi connectivity index (χ1) is 8.22. The summed E-state index contributed by atoms with van der Waals surface area (Å²) in [7, 11) is 1.74. The van der Waals surface area contributed by atoms with Gasteiger partial charge in [-0.25, -0.2) is 4.98 Å². The molecule has 0 aliphatic carbocycles. The Morgan fingerprint density at radius 2 is 2.47 bits per heavy atom. The molecule has 0 bridgehead atoms. The molecule has 2 heterocycles. The summed E-state index contributed by atoms with van der Waals surface area (Å²) in [5.41, 5.74) is 0.908. The molecule has 17 heavy (non-hydrogen) atoms. The van der Waals surface area contributed by atoms with Crippen LogP contribution >= 0.6 is 0 Å². The number of rotatable bonds is 4. The smallest absolute Gasteiger partial charge is 0.134 e. The normalized spacial score (nSPS) is 21.8. The lowest BCUT2D eigenvalue weighted by molar-refractivity contribution is 0.160. The third-order valence-corrected chi connectivity index (χ3v) is 3.25. The molecule has 2 rings (SSSR count). The van der Waals surface area contributed by atoms with Crippen LogP contribution in [0.1, 0.15) is 25.0 Å². The molecule has 1 saturated heterocycles. The number of hydrogen-bond donors (Lipinski definition) is 1. The molecular formula is C13H20N2O2. The molecule has 0 saturated carbocycles. The molecule has 1 aromatic heterocycles. The first-order valence-corrected chi connectivity index (χ1v) is 6.09. The average Bonchev–Trinajstić information content (AvgIpc) is 2.78. The fourth-order valence-electron chi connectivity index (χ4n) is 2.40. The first-order valence-electron chi connectivity index (χ1n) is 6.09. The van der Waals surface area contributed by atoms with E-state index in [-0.39, 0.29) is 0 Å². The van der Waals surface area contributed by atoms with E-state index in [1.165, 1.54) is 0 Å². The van der Waals surface area contributed by atoms with Gasteiger partial charge in [0.1, 0.15) is 5.82 Å². The molecule has 1 aromatic rings. The van der Waals surface area contributed by atoms with Gasteiger partial charge in [-0.2, -0.15) is 0 Å². The van der Waals surface area contributed by atoms with Crippen molar-refractivity contribution < 1.29 is 9.84 Å². The predicted molar refractivity (Wildman–Crippen MR) is 67.1 cm³/mol. The van der Waals surface area contributed by atoms with Crippen LogP contribution < -0.4 is 4.90 Å². The van der Waals surface area contributed by atoms with Crippen molar-refractivity contribution in [3.8, 4) is 0 Å². The molecule has 1 aliphatic heterocycles. The largest absolute Gasteiger partial charge is 0.389 e. The maximum absolute atomic E-state index is 9.74. The monoisotopic (exact) mass is 236 g/mol. The summed E-state index contributed by atoms with van der Waals surface area (Å²) in [4.78, 5) is 6.64. The third kappa shape index (κ3) is 2.76. The summed E-state index contributed by atoms with van der Waals surface area (Å²) in [6, 6.07) is 3.81. The zero-order valence-electron chi connectivity index (χ0n) is 10.5. The van der Waals surface area contributed by atoms with Gasteiger partial charge in [-0.3, -0.25) is 0 Å². The van der Waals surface area contributed by atoms with E-state index in [1.807, 2.05) is 12.1 Å². The Kier molecular flexibility index (Phi) is 3.97. The van der Waals surface area contributed by atoms with Crippen molar-refractivity contribution in [2.75, 3.05) is 31.7 Å². The van der Waals surface area contributed by atoms with Crippen molar-refractivity contribution in [1.29, 1.82) is 0 Å². The zero-order valence-corrected chi connectivity index (χ0v) is 10.5. The van der Waals surface area contributed by atoms with E-state index in [1.54, 1.807) is 20.2 Å². The van der Waals surface area contributed by atoms with Gasteiger partial charge < -0.3 is 14.7 Å². The van der Waals surface area contributed by atoms with Crippen LogP contribution in [-0.4, -0.2) is 36.9 Å². The van der Waals surface area contributed by atoms with Crippen LogP contribution in [0.5, 0.6) is 0 Å². The van der Waals surface area contributed by atoms with E-state index in [0.29, 0.717) is 5.92 Å². The molecule has 1 N–H and O–H groups in total. The molecule has 1 aliphatic rings. The van der Waals surface area contributed by atoms with Gasteiger partial charge in [0.2, 0.25) is 0 Å². The van der Waals surface area contributed by atoms with Gasteiger partial charge >= 0.3 is 0 Å². The van der Waals surface area contributed by atoms with Gasteiger partial charge in [-0.1, -0.05) is 6.07 Å². The highest BCUT2D eigenvalue weighted by atomic mass is 16.5. The van der Waals surface area contributed by atoms with Crippen LogP contribution in [0, 0.1) is 5.92 Å². The zero-order chi connectivity index (χ0) is 12.3. The maximum atomic E-state index is 9.74. The van der Waals surface area contributed by atoms with Crippen LogP contribution in [0.3, 0.4) is 0 Å². The van der Waals surface area contributed by atoms with E-state index in [9.17, 15) is 5.11 Å². The number of nitrogens with zero attached hydrogens (tertiary/aromatic N) is 2. The molecule has 0 amide bonds. The number of aromatic nitrogens is 1. The fraction of sp³-hybridized carbons (Fsp3) is 0.615. The van der Waals surface area contributed by atoms with E-state index in [4.69, 9.17) is 4.74 Å². The summed E-state index contributed by atoms with van der Waals surface area (Å²) in [6.45, 7) is 4.53. The molecular weight excluding hydrogens is 216 g/mol. The quantitative estimate of drug-likeness (QED) is 0.862. The molecule has 0 spiro atoms. The van der Waals surface area contributed by atoms with Gasteiger partial charge in [0, 0.05) is 37.9 Å². The Balaban J connectivity index is 2.13. The lowest BCUT2D eigenvalue weighted by Crippen LogP contribution is -2.23. The average molecular weight is 236 g/mol. The van der Waals surface area contributed by atoms with Crippen LogP contribution in [0.4, 0.5) is 5.82 Å². The Hall–Kier alpha value is -1.13. The van der Waals surface area contributed by atoms with Crippen molar-refractivity contribution in [2.45, 2.75) is 19.4 Å². The number of pyridine rings is 1. The number of methoxy groups -OCH3 is 1. The Morgan fingerprint density at radius 3 is 3.18 bits per heavy atom. The topological polar surface area (TPSA) is 45.6 Å². The van der Waals surface area contributed by atoms with Crippen molar-refractivity contribution >= 4 is 5.82 Å². The maximum Gasteiger partial charge on any atom is 0.134 e. The van der Waals surface area contributed by atoms with Gasteiger partial charge in [-0.05, 0) is 19.4 Å². The Bertz CT molecular complexity index is 368. The molecule has 0 aromatic carbocycles. The van der Waals surface area contributed by atoms with Gasteiger partial charge in [0.25, 0.3) is 0 Å². The van der Waals surface area contributed by atoms with Gasteiger partial charge in [-0.15, -0.1) is 0 Å². The molecule has 1 unspecified atom stereocenters. The standard InChI is InChI=1S/C13H20N2O2/c1-10(16)12-4-3-6-14-13(12)15-7-5-11(8-15)9-17-2/h3-4,6,10-11,16H,5,7-9H2,1-2H3/t10-,11?/m1/s1. The summed E-state index contributed by atoms with van der Waals surface area (Å²) in [5.74, 6) is 1.49. The molecule has 4 nitrogen and oxygen atoms in total. The van der Waals surface area contributed by atoms with Crippen LogP contribution in [0.2, 0.25) is 0 Å². The lowest BCUT2D eigenvalue weighted by atomic mass is 10.1. The van der Waals surface area contributed by atoms with Crippen molar-refractivity contribution in [3.63, 3.8) is 0 Å². The minimum Gasteiger partial charge on any atom is -0.389 e. The van der Waals surface area contributed by atoms with E-state index in [0.717, 1.165) is 37.5 Å². The summed E-state index contributed by atoms with van der Waals surface area (Å²) >= 11 is 0. The van der Waals surface area contributed by atoms with Crippen molar-refractivity contribution in [3.05, 3.63) is 23.9 Å². The number of aliphatic hydroxyl groups excluding tert-OH is 1. The van der Waals surface area contributed by atoms with Crippen molar-refractivity contribution in [1.82, 2.24) is 4.98 Å². The highest BCUT2D eigenvalue weighted by Crippen LogP contribution is 2.28. The third-order valence-electron chi connectivity index (χ3n) is 3.25. The second-order valence-electron chi connectivity index (χ2n) is 4.65. The number of hydrogen-bond acceptors (Lipinski definition) is 4. The second-order valence-corrected chi connectivity index (χ2v) is 4.65. The molecule has 0 radical (unpaired) electrons. The summed E-state index contributed by atoms with van der Waals surface area (Å²) < 4.78 is 5.19. The van der Waals surface area contributed by atoms with Crippen LogP contribution in [0.25, 0.3) is 0 Å². The van der Waals surface area contributed by atoms with Gasteiger partial charge in [0.05, 0.1) is 12.7 Å². The number of aliphatic hydroxyl groups is 1.